The molecule has 0 aromatic heterocycles. The molecule has 24 nitrogen and oxygen atoms in total. The predicted molar refractivity (Wildman–Crippen MR) is 198 cm³/mol. The molecule has 0 bridgehead atoms. The van der Waals surface area contributed by atoms with Crippen molar-refractivity contribution in [3.05, 3.63) is 0 Å². The smallest absolute Gasteiger partial charge is 0.305 e. The number of nitrogens with zero attached hydrogens (tertiary/aromatic N) is 1. The summed E-state index contributed by atoms with van der Waals surface area (Å²) in [6, 6.07) is -11.2. The molecule has 1 fully saturated rings. The number of rotatable bonds is 16. The molecule has 320 valence electrons. The molecule has 1 aliphatic heterocycles. The first-order chi connectivity index (χ1) is 26.7. The van der Waals surface area contributed by atoms with Gasteiger partial charge >= 0.3 is 17.9 Å². The van der Waals surface area contributed by atoms with E-state index >= 15 is 0 Å². The van der Waals surface area contributed by atoms with Gasteiger partial charge in [-0.1, -0.05) is 13.8 Å². The van der Waals surface area contributed by atoms with Crippen LogP contribution in [-0.2, 0) is 47.9 Å². The highest BCUT2D eigenvalue weighted by Crippen LogP contribution is 2.10. The zero-order chi connectivity index (χ0) is 43.4. The van der Waals surface area contributed by atoms with Gasteiger partial charge in [0, 0.05) is 13.0 Å². The first kappa shape index (κ1) is 48.9. The zero-order valence-corrected chi connectivity index (χ0v) is 32.0. The van der Waals surface area contributed by atoms with E-state index in [1.165, 1.54) is 13.8 Å². The van der Waals surface area contributed by atoms with Crippen molar-refractivity contribution in [2.45, 2.75) is 121 Å². The Morgan fingerprint density at radius 2 is 1.00 bits per heavy atom. The number of aliphatic carboxylic acids is 3. The lowest BCUT2D eigenvalue weighted by Gasteiger charge is -2.28. The van der Waals surface area contributed by atoms with Crippen molar-refractivity contribution in [2.75, 3.05) is 13.1 Å². The van der Waals surface area contributed by atoms with Crippen LogP contribution in [-0.4, -0.2) is 136 Å². The Labute approximate surface area is 327 Å². The molecule has 1 heterocycles. The highest BCUT2D eigenvalue weighted by Gasteiger charge is 2.36. The molecule has 0 aromatic rings. The van der Waals surface area contributed by atoms with Crippen LogP contribution in [0.3, 0.4) is 0 Å². The summed E-state index contributed by atoms with van der Waals surface area (Å²) in [4.78, 5) is 133. The van der Waals surface area contributed by atoms with Crippen molar-refractivity contribution >= 4 is 65.2 Å². The average molecular weight is 814 g/mol. The minimum Gasteiger partial charge on any atom is -0.481 e. The standard InChI is InChI=1S/C33H55N11O13/c1-15(2)25-32(57)43-20(13-23(47)48)30(55)38-16(3)26(51)39-19(9-10-22(45)46)28(53)42-21(14-24(49)50)31(56)41-17(7-4-5-11-34)27(52)40-18(29(54)44-25)8-6-12-37-33(35)36/h15-21,25H,4-14,34H2,1-3H3,(H,38,55)(H,39,51)(H,40,52)(H,41,56)(H,42,53)(H,43,57)(H,44,54)(H,45,46)(H,47,48)(H,49,50)(H4,35,36,37)/t16-,17-,18-,19-,20-,21-,25-/m0/s1. The van der Waals surface area contributed by atoms with E-state index < -0.39 is 133 Å². The second-order valence-corrected chi connectivity index (χ2v) is 13.6. The molecule has 0 aromatic carbocycles. The minimum absolute atomic E-state index is 0.0124. The molecule has 7 amide bonds. The maximum absolute atomic E-state index is 13.8. The van der Waals surface area contributed by atoms with Crippen molar-refractivity contribution in [1.82, 2.24) is 37.2 Å². The maximum Gasteiger partial charge on any atom is 0.305 e. The number of carbonyl (C=O) groups is 10. The fourth-order valence-corrected chi connectivity index (χ4v) is 5.38. The molecule has 7 atom stereocenters. The van der Waals surface area contributed by atoms with Crippen LogP contribution in [0.15, 0.2) is 4.99 Å². The number of hydrogen-bond acceptors (Lipinski definition) is 12. The lowest BCUT2D eigenvalue weighted by molar-refractivity contribution is -0.142. The first-order valence-electron chi connectivity index (χ1n) is 18.2. The Morgan fingerprint density at radius 3 is 1.47 bits per heavy atom. The predicted octanol–water partition coefficient (Wildman–Crippen LogP) is -4.93. The lowest BCUT2D eigenvalue weighted by Crippen LogP contribution is -2.60. The number of guanidine groups is 1. The first-order valence-corrected chi connectivity index (χ1v) is 18.2. The van der Waals surface area contributed by atoms with Crippen LogP contribution in [0.25, 0.3) is 0 Å². The van der Waals surface area contributed by atoms with Gasteiger partial charge in [0.05, 0.1) is 12.8 Å². The number of hydrogen-bond donors (Lipinski definition) is 13. The second-order valence-electron chi connectivity index (χ2n) is 13.6. The van der Waals surface area contributed by atoms with Crippen LogP contribution in [0.1, 0.15) is 78.6 Å². The molecule has 1 saturated heterocycles. The van der Waals surface area contributed by atoms with Gasteiger partial charge in [-0.25, -0.2) is 0 Å². The van der Waals surface area contributed by atoms with Crippen LogP contribution < -0.4 is 54.4 Å². The Bertz CT molecular complexity index is 1520. The summed E-state index contributed by atoms with van der Waals surface area (Å²) in [5.41, 5.74) is 16.4. The van der Waals surface area contributed by atoms with Crippen LogP contribution >= 0.6 is 0 Å². The van der Waals surface area contributed by atoms with Gasteiger partial charge in [-0.15, -0.1) is 0 Å². The zero-order valence-electron chi connectivity index (χ0n) is 32.0. The third kappa shape index (κ3) is 18.4. The van der Waals surface area contributed by atoms with E-state index in [-0.39, 0.29) is 44.7 Å². The molecule has 1 rings (SSSR count). The van der Waals surface area contributed by atoms with E-state index in [9.17, 15) is 63.3 Å². The Kier molecular flexibility index (Phi) is 21.0. The van der Waals surface area contributed by atoms with Crippen molar-refractivity contribution in [3.8, 4) is 0 Å². The number of carbonyl (C=O) groups excluding carboxylic acids is 7. The number of unbranched alkanes of at least 4 members (excludes halogenated alkanes) is 1. The summed E-state index contributed by atoms with van der Waals surface area (Å²) >= 11 is 0. The van der Waals surface area contributed by atoms with Gasteiger partial charge in [0.2, 0.25) is 41.4 Å². The van der Waals surface area contributed by atoms with Crippen molar-refractivity contribution in [2.24, 2.45) is 28.1 Å². The molecule has 0 unspecified atom stereocenters. The van der Waals surface area contributed by atoms with E-state index in [1.807, 2.05) is 0 Å². The van der Waals surface area contributed by atoms with E-state index in [4.69, 9.17) is 17.2 Å². The molecule has 1 aliphatic rings. The van der Waals surface area contributed by atoms with Crippen molar-refractivity contribution in [1.29, 1.82) is 0 Å². The maximum atomic E-state index is 13.8. The molecule has 0 spiro atoms. The van der Waals surface area contributed by atoms with Gasteiger partial charge in [0.25, 0.3) is 0 Å². The third-order valence-electron chi connectivity index (χ3n) is 8.46. The van der Waals surface area contributed by atoms with E-state index in [0.29, 0.717) is 6.42 Å². The third-order valence-corrected chi connectivity index (χ3v) is 8.46. The highest BCUT2D eigenvalue weighted by atomic mass is 16.4. The van der Waals surface area contributed by atoms with Crippen molar-refractivity contribution < 1.29 is 63.3 Å². The van der Waals surface area contributed by atoms with Gasteiger partial charge in [-0.2, -0.15) is 0 Å². The molecule has 0 saturated carbocycles. The monoisotopic (exact) mass is 813 g/mol. The fourth-order valence-electron chi connectivity index (χ4n) is 5.38. The van der Waals surface area contributed by atoms with Gasteiger partial charge in [0.1, 0.15) is 42.3 Å². The van der Waals surface area contributed by atoms with Crippen LogP contribution in [0, 0.1) is 5.92 Å². The summed E-state index contributed by atoms with van der Waals surface area (Å²) in [7, 11) is 0. The summed E-state index contributed by atoms with van der Waals surface area (Å²) in [6.07, 6.45) is -2.72. The number of aliphatic imine (C=N–C) groups is 1. The average Bonchev–Trinajstić information content (AvgIpc) is 3.10. The van der Waals surface area contributed by atoms with Gasteiger partial charge < -0.3 is 69.7 Å². The molecule has 16 N–H and O–H groups in total. The number of amides is 7. The van der Waals surface area contributed by atoms with E-state index in [0.717, 1.165) is 6.92 Å². The minimum atomic E-state index is -1.88. The normalized spacial score (nSPS) is 24.6. The summed E-state index contributed by atoms with van der Waals surface area (Å²) < 4.78 is 0. The molecular weight excluding hydrogens is 758 g/mol. The van der Waals surface area contributed by atoms with Crippen LogP contribution in [0.5, 0.6) is 0 Å². The van der Waals surface area contributed by atoms with Crippen LogP contribution in [0.2, 0.25) is 0 Å². The SMILES string of the molecule is CC(C)[C@@H]1NC(=O)[C@H](CCCN=C(N)N)NC(=O)[C@H](CCCCN)NC(=O)[C@H](CC(=O)O)NC(=O)[C@H](CCC(=O)O)NC(=O)[C@H](C)NC(=O)[C@H](CC(=O)O)NC1=O. The molecule has 57 heavy (non-hydrogen) atoms. The summed E-state index contributed by atoms with van der Waals surface area (Å²) in [5.74, 6) is -12.9. The number of carboxylic acids is 3. The number of nitrogens with two attached hydrogens (primary N) is 3. The van der Waals surface area contributed by atoms with Gasteiger partial charge in [0.15, 0.2) is 5.96 Å². The Hall–Kier alpha value is -6.07. The quantitative estimate of drug-likeness (QED) is 0.0394. The highest BCUT2D eigenvalue weighted by molar-refractivity contribution is 5.99. The van der Waals surface area contributed by atoms with Gasteiger partial charge in [-0.3, -0.25) is 52.9 Å². The number of carboxylic acid groups (broad SMARTS) is 3. The summed E-state index contributed by atoms with van der Waals surface area (Å²) in [5, 5.41) is 44.7. The molecule has 0 radical (unpaired) electrons. The topological polar surface area (TPSA) is 406 Å². The largest absolute Gasteiger partial charge is 0.481 e. The second kappa shape index (κ2) is 24.4. The Morgan fingerprint density at radius 1 is 0.579 bits per heavy atom. The molecule has 24 heteroatoms. The van der Waals surface area contributed by atoms with Crippen molar-refractivity contribution in [3.63, 3.8) is 0 Å². The van der Waals surface area contributed by atoms with Crippen LogP contribution in [0.4, 0.5) is 0 Å². The summed E-state index contributed by atoms with van der Waals surface area (Å²) in [6.45, 7) is 4.41. The van der Waals surface area contributed by atoms with Gasteiger partial charge in [-0.05, 0) is 57.9 Å². The molecular formula is C33H55N11O13. The fraction of sp³-hybridized carbons (Fsp3) is 0.667. The van der Waals surface area contributed by atoms with E-state index in [2.05, 4.69) is 42.2 Å². The lowest BCUT2D eigenvalue weighted by atomic mass is 10.0. The molecule has 0 aliphatic carbocycles. The van der Waals surface area contributed by atoms with E-state index in [1.54, 1.807) is 0 Å². The number of nitrogens with one attached hydrogen (secondary N) is 7. The Balaban J connectivity index is 3.85.